The van der Waals surface area contributed by atoms with Crippen molar-refractivity contribution in [2.24, 2.45) is 0 Å². The minimum absolute atomic E-state index is 0. The van der Waals surface area contributed by atoms with E-state index in [0.717, 1.165) is 51.4 Å². The van der Waals surface area contributed by atoms with Gasteiger partial charge in [-0.3, -0.25) is 0 Å². The van der Waals surface area contributed by atoms with Crippen LogP contribution in [0.25, 0.3) is 0 Å². The van der Waals surface area contributed by atoms with Crippen LogP contribution in [0, 0.1) is 0 Å². The van der Waals surface area contributed by atoms with Gasteiger partial charge in [-0.15, -0.1) is 0 Å². The van der Waals surface area contributed by atoms with Crippen LogP contribution >= 0.6 is 0 Å². The molecule has 0 aliphatic heterocycles. The zero-order valence-corrected chi connectivity index (χ0v) is 21.2. The Morgan fingerprint density at radius 1 is 0.276 bits per heavy atom. The molecular weight excluding hydrogens is 443 g/mol. The number of rotatable bonds is 0. The van der Waals surface area contributed by atoms with E-state index >= 15 is 0 Å². The minimum Gasteiger partial charge on any atom is -0.393 e. The Bertz CT molecular complexity index is 255. The Hall–Kier alpha value is 0.723. The average molecular weight is 492 g/mol. The second kappa shape index (κ2) is 20.6. The van der Waals surface area contributed by atoms with Gasteiger partial charge in [0, 0.05) is 26.2 Å². The smallest absolute Gasteiger partial charge is 0.0540 e. The van der Waals surface area contributed by atoms with Crippen LogP contribution < -0.4 is 0 Å². The van der Waals surface area contributed by atoms with E-state index in [-0.39, 0.29) is 50.6 Å². The Balaban J connectivity index is 0.000000356. The zero-order valence-electron chi connectivity index (χ0n) is 18.7. The van der Waals surface area contributed by atoms with Gasteiger partial charge in [0.15, 0.2) is 0 Å². The average Bonchev–Trinajstić information content (AvgIpc) is 2.72. The van der Waals surface area contributed by atoms with E-state index in [2.05, 4.69) is 0 Å². The molecule has 172 valence electrons. The number of hydrogen-bond donors (Lipinski definition) is 4. The fourth-order valence-corrected chi connectivity index (χ4v) is 4.32. The van der Waals surface area contributed by atoms with E-state index in [1.807, 2.05) is 0 Å². The summed E-state index contributed by atoms with van der Waals surface area (Å²) in [6.45, 7) is 0. The van der Waals surface area contributed by atoms with E-state index in [4.69, 9.17) is 20.4 Å². The Morgan fingerprint density at radius 2 is 0.414 bits per heavy atom. The molecule has 4 aliphatic carbocycles. The second-order valence-corrected chi connectivity index (χ2v) is 9.17. The Labute approximate surface area is 199 Å². The van der Waals surface area contributed by atoms with Gasteiger partial charge >= 0.3 is 0 Å². The molecule has 0 amide bonds. The molecule has 0 heterocycles. The third-order valence-electron chi connectivity index (χ3n) is 6.30. The molecule has 0 unspecified atom stereocenters. The van der Waals surface area contributed by atoms with Crippen LogP contribution in [0.15, 0.2) is 0 Å². The van der Waals surface area contributed by atoms with Crippen molar-refractivity contribution in [3.63, 3.8) is 0 Å². The van der Waals surface area contributed by atoms with Gasteiger partial charge in [-0.1, -0.05) is 77.0 Å². The summed E-state index contributed by atoms with van der Waals surface area (Å²) in [7, 11) is 0. The van der Waals surface area contributed by atoms with Crippen molar-refractivity contribution in [3.8, 4) is 0 Å². The van der Waals surface area contributed by atoms with Crippen LogP contribution in [0.2, 0.25) is 0 Å². The summed E-state index contributed by atoms with van der Waals surface area (Å²) in [4.78, 5) is 0. The van der Waals surface area contributed by atoms with Gasteiger partial charge in [0.25, 0.3) is 0 Å². The van der Waals surface area contributed by atoms with Crippen molar-refractivity contribution in [1.29, 1.82) is 0 Å². The Kier molecular flexibility index (Phi) is 21.1. The maximum Gasteiger partial charge on any atom is 0.0540 e. The van der Waals surface area contributed by atoms with E-state index in [1.165, 1.54) is 77.0 Å². The molecule has 29 heavy (non-hydrogen) atoms. The molecule has 4 fully saturated rings. The van der Waals surface area contributed by atoms with Crippen LogP contribution in [0.1, 0.15) is 128 Å². The molecule has 5 heteroatoms. The van der Waals surface area contributed by atoms with Crippen LogP contribution in [0.4, 0.5) is 0 Å². The van der Waals surface area contributed by atoms with Crippen LogP contribution in [0.5, 0.6) is 0 Å². The first-order valence-corrected chi connectivity index (χ1v) is 12.3. The molecular formula is C24H48O4Zr. The largest absolute Gasteiger partial charge is 0.393 e. The third-order valence-corrected chi connectivity index (χ3v) is 6.30. The van der Waals surface area contributed by atoms with Crippen molar-refractivity contribution in [3.05, 3.63) is 0 Å². The first-order chi connectivity index (χ1) is 13.6. The monoisotopic (exact) mass is 490 g/mol. The van der Waals surface area contributed by atoms with Gasteiger partial charge in [0.1, 0.15) is 0 Å². The molecule has 0 bridgehead atoms. The minimum atomic E-state index is 0. The van der Waals surface area contributed by atoms with E-state index in [1.54, 1.807) is 0 Å². The normalized spacial score (nSPS) is 24.4. The molecule has 0 spiro atoms. The third kappa shape index (κ3) is 19.2. The van der Waals surface area contributed by atoms with Gasteiger partial charge in [0.05, 0.1) is 24.4 Å². The molecule has 4 saturated carbocycles. The van der Waals surface area contributed by atoms with Gasteiger partial charge in [-0.2, -0.15) is 0 Å². The summed E-state index contributed by atoms with van der Waals surface area (Å²) in [6, 6.07) is 0. The molecule has 0 aromatic heterocycles. The van der Waals surface area contributed by atoms with E-state index < -0.39 is 0 Å². The predicted octanol–water partition coefficient (Wildman–Crippen LogP) is 5.24. The maximum absolute atomic E-state index is 8.91. The quantitative estimate of drug-likeness (QED) is 0.373. The molecule has 0 aromatic rings. The zero-order chi connectivity index (χ0) is 20.5. The standard InChI is InChI=1S/4C6H12O.Zr/c4*7-6-4-2-1-3-5-6;/h4*6-7H,1-5H2;. The SMILES string of the molecule is OC1CCCCC1.OC1CCCCC1.OC1CCCCC1.OC1CCCCC1.[Zr]. The maximum atomic E-state index is 8.91. The van der Waals surface area contributed by atoms with Crippen molar-refractivity contribution in [2.75, 3.05) is 0 Å². The summed E-state index contributed by atoms with van der Waals surface area (Å²) in [5.74, 6) is 0. The first-order valence-electron chi connectivity index (χ1n) is 12.3. The Morgan fingerprint density at radius 3 is 0.483 bits per heavy atom. The summed E-state index contributed by atoms with van der Waals surface area (Å²) in [5.41, 5.74) is 0. The van der Waals surface area contributed by atoms with Gasteiger partial charge in [-0.05, 0) is 51.4 Å². The fraction of sp³-hybridized carbons (Fsp3) is 1.00. The van der Waals surface area contributed by atoms with Crippen molar-refractivity contribution < 1.29 is 46.6 Å². The molecule has 4 aliphatic rings. The molecule has 0 saturated heterocycles. The van der Waals surface area contributed by atoms with Crippen LogP contribution in [-0.4, -0.2) is 44.8 Å². The number of aliphatic hydroxyl groups excluding tert-OH is 4. The fourth-order valence-electron chi connectivity index (χ4n) is 4.32. The van der Waals surface area contributed by atoms with Gasteiger partial charge in [-0.25, -0.2) is 0 Å². The first kappa shape index (κ1) is 29.7. The summed E-state index contributed by atoms with van der Waals surface area (Å²) in [5, 5.41) is 35.6. The summed E-state index contributed by atoms with van der Waals surface area (Å²) >= 11 is 0. The van der Waals surface area contributed by atoms with E-state index in [9.17, 15) is 0 Å². The second-order valence-electron chi connectivity index (χ2n) is 9.17. The topological polar surface area (TPSA) is 80.9 Å². The van der Waals surface area contributed by atoms with Crippen LogP contribution in [-0.2, 0) is 26.2 Å². The van der Waals surface area contributed by atoms with Crippen molar-refractivity contribution >= 4 is 0 Å². The van der Waals surface area contributed by atoms with Crippen LogP contribution in [0.3, 0.4) is 0 Å². The molecule has 0 radical (unpaired) electrons. The van der Waals surface area contributed by atoms with Crippen molar-refractivity contribution in [1.82, 2.24) is 0 Å². The number of hydrogen-bond acceptors (Lipinski definition) is 4. The molecule has 4 nitrogen and oxygen atoms in total. The molecule has 4 N–H and O–H groups in total. The van der Waals surface area contributed by atoms with E-state index in [0.29, 0.717) is 0 Å². The molecule has 0 aromatic carbocycles. The van der Waals surface area contributed by atoms with Crippen molar-refractivity contribution in [2.45, 2.75) is 153 Å². The number of aliphatic hydroxyl groups is 4. The molecule has 0 atom stereocenters. The van der Waals surface area contributed by atoms with Gasteiger partial charge < -0.3 is 20.4 Å². The van der Waals surface area contributed by atoms with Gasteiger partial charge in [0.2, 0.25) is 0 Å². The predicted molar refractivity (Wildman–Crippen MR) is 116 cm³/mol. The summed E-state index contributed by atoms with van der Waals surface area (Å²) < 4.78 is 0. The molecule has 4 rings (SSSR count). The summed E-state index contributed by atoms with van der Waals surface area (Å²) in [6.07, 6.45) is 23.7.